The molecule has 1 fully saturated rings. The summed E-state index contributed by atoms with van der Waals surface area (Å²) in [6.07, 6.45) is 1.41. The number of amides is 1. The summed E-state index contributed by atoms with van der Waals surface area (Å²) in [5.74, 6) is -0.206. The molecule has 1 amide bonds. The summed E-state index contributed by atoms with van der Waals surface area (Å²) >= 11 is 6.27. The van der Waals surface area contributed by atoms with Gasteiger partial charge in [0.25, 0.3) is 5.91 Å². The number of anilines is 2. The van der Waals surface area contributed by atoms with Crippen molar-refractivity contribution in [3.63, 3.8) is 0 Å². The van der Waals surface area contributed by atoms with Crippen LogP contribution in [0.2, 0.25) is 5.02 Å². The number of hydrogen-bond acceptors (Lipinski definition) is 3. The Balaban J connectivity index is 1.93. The van der Waals surface area contributed by atoms with Gasteiger partial charge in [0.05, 0.1) is 16.5 Å². The second kappa shape index (κ2) is 7.76. The average molecular weight is 421 g/mol. The molecule has 0 aromatic heterocycles. The number of sulfonamides is 1. The Hall–Kier alpha value is -2.05. The molecular formula is C21H25ClN2O3S. The Morgan fingerprint density at radius 3 is 2.50 bits per heavy atom. The van der Waals surface area contributed by atoms with Crippen LogP contribution in [0.4, 0.5) is 11.4 Å². The second-order valence-electron chi connectivity index (χ2n) is 8.01. The monoisotopic (exact) mass is 420 g/mol. The lowest BCUT2D eigenvalue weighted by molar-refractivity contribution is 0.102. The largest absolute Gasteiger partial charge is 0.322 e. The van der Waals surface area contributed by atoms with E-state index in [4.69, 9.17) is 11.6 Å². The van der Waals surface area contributed by atoms with Gasteiger partial charge >= 0.3 is 0 Å². The van der Waals surface area contributed by atoms with E-state index >= 15 is 0 Å². The first-order chi connectivity index (χ1) is 13.1. The zero-order valence-corrected chi connectivity index (χ0v) is 17.9. The first-order valence-electron chi connectivity index (χ1n) is 9.30. The predicted octanol–water partition coefficient (Wildman–Crippen LogP) is 4.82. The second-order valence-corrected chi connectivity index (χ2v) is 10.4. The van der Waals surface area contributed by atoms with Gasteiger partial charge in [-0.1, -0.05) is 50.6 Å². The van der Waals surface area contributed by atoms with Crippen molar-refractivity contribution >= 4 is 38.9 Å². The van der Waals surface area contributed by atoms with Crippen LogP contribution in [0.5, 0.6) is 0 Å². The van der Waals surface area contributed by atoms with Crippen molar-refractivity contribution in [2.24, 2.45) is 0 Å². The highest BCUT2D eigenvalue weighted by molar-refractivity contribution is 7.92. The number of carbonyl (C=O) groups is 1. The van der Waals surface area contributed by atoms with E-state index in [-0.39, 0.29) is 17.1 Å². The van der Waals surface area contributed by atoms with Crippen LogP contribution in [0.3, 0.4) is 0 Å². The van der Waals surface area contributed by atoms with E-state index in [9.17, 15) is 13.2 Å². The van der Waals surface area contributed by atoms with Crippen LogP contribution in [-0.2, 0) is 15.4 Å². The fourth-order valence-electron chi connectivity index (χ4n) is 3.35. The van der Waals surface area contributed by atoms with Crippen LogP contribution in [0.25, 0.3) is 0 Å². The summed E-state index contributed by atoms with van der Waals surface area (Å²) in [5, 5.41) is 3.27. The molecule has 0 radical (unpaired) electrons. The van der Waals surface area contributed by atoms with Crippen LogP contribution in [0.1, 0.15) is 49.5 Å². The molecule has 5 nitrogen and oxygen atoms in total. The number of rotatable bonds is 3. The zero-order chi connectivity index (χ0) is 20.5. The Morgan fingerprint density at radius 1 is 1.11 bits per heavy atom. The van der Waals surface area contributed by atoms with E-state index in [1.807, 2.05) is 24.3 Å². The summed E-state index contributed by atoms with van der Waals surface area (Å²) in [7, 11) is -3.41. The van der Waals surface area contributed by atoms with Crippen LogP contribution >= 0.6 is 11.6 Å². The summed E-state index contributed by atoms with van der Waals surface area (Å²) in [6, 6.07) is 12.4. The molecule has 1 heterocycles. The highest BCUT2D eigenvalue weighted by Crippen LogP contribution is 2.33. The van der Waals surface area contributed by atoms with Crippen LogP contribution in [0, 0.1) is 0 Å². The van der Waals surface area contributed by atoms with Gasteiger partial charge in [0.15, 0.2) is 0 Å². The Morgan fingerprint density at radius 2 is 1.82 bits per heavy atom. The maximum absolute atomic E-state index is 12.9. The molecule has 150 valence electrons. The van der Waals surface area contributed by atoms with Crippen molar-refractivity contribution < 1.29 is 13.2 Å². The number of para-hydroxylation sites is 1. The maximum Gasteiger partial charge on any atom is 0.255 e. The molecule has 0 atom stereocenters. The van der Waals surface area contributed by atoms with E-state index in [0.717, 1.165) is 17.7 Å². The van der Waals surface area contributed by atoms with Crippen molar-refractivity contribution in [1.82, 2.24) is 0 Å². The quantitative estimate of drug-likeness (QED) is 0.774. The number of nitrogens with zero attached hydrogens (tertiary/aromatic N) is 1. The lowest BCUT2D eigenvalue weighted by Crippen LogP contribution is -2.38. The summed E-state index contributed by atoms with van der Waals surface area (Å²) in [4.78, 5) is 12.9. The fraction of sp³-hybridized carbons (Fsp3) is 0.381. The van der Waals surface area contributed by atoms with Crippen LogP contribution in [0.15, 0.2) is 42.5 Å². The first-order valence-corrected chi connectivity index (χ1v) is 11.3. The molecule has 0 saturated carbocycles. The molecule has 0 bridgehead atoms. The van der Waals surface area contributed by atoms with Gasteiger partial charge in [-0.2, -0.15) is 0 Å². The van der Waals surface area contributed by atoms with Gasteiger partial charge in [-0.3, -0.25) is 9.10 Å². The molecule has 1 aliphatic heterocycles. The van der Waals surface area contributed by atoms with Crippen molar-refractivity contribution in [2.75, 3.05) is 21.9 Å². The molecule has 1 N–H and O–H groups in total. The Kier molecular flexibility index (Phi) is 5.73. The molecule has 0 aliphatic carbocycles. The van der Waals surface area contributed by atoms with E-state index in [0.29, 0.717) is 29.2 Å². The van der Waals surface area contributed by atoms with Gasteiger partial charge in [-0.25, -0.2) is 8.42 Å². The fourth-order valence-corrected chi connectivity index (χ4v) is 5.26. The van der Waals surface area contributed by atoms with Gasteiger partial charge < -0.3 is 5.32 Å². The van der Waals surface area contributed by atoms with Gasteiger partial charge in [0, 0.05) is 17.8 Å². The van der Waals surface area contributed by atoms with E-state index in [2.05, 4.69) is 26.1 Å². The topological polar surface area (TPSA) is 66.5 Å². The maximum atomic E-state index is 12.9. The van der Waals surface area contributed by atoms with Gasteiger partial charge in [0.1, 0.15) is 0 Å². The first kappa shape index (κ1) is 20.7. The lowest BCUT2D eigenvalue weighted by Gasteiger charge is -2.29. The summed E-state index contributed by atoms with van der Waals surface area (Å²) in [6.45, 7) is 6.62. The van der Waals surface area contributed by atoms with Gasteiger partial charge in [-0.15, -0.1) is 0 Å². The minimum absolute atomic E-state index is 0.0959. The lowest BCUT2D eigenvalue weighted by atomic mass is 9.86. The average Bonchev–Trinajstić information content (AvgIpc) is 2.61. The highest BCUT2D eigenvalue weighted by atomic mass is 35.5. The Bertz CT molecular complexity index is 997. The molecule has 0 spiro atoms. The standard InChI is InChI=1S/C21H25ClN2O3S/c1-21(2,3)16-8-4-5-9-18(16)23-20(25)15-10-11-17(22)19(14-15)24-12-6-7-13-28(24,26)27/h4-5,8-11,14H,6-7,12-13H2,1-3H3,(H,23,25). The molecule has 28 heavy (non-hydrogen) atoms. The number of halogens is 1. The summed E-state index contributed by atoms with van der Waals surface area (Å²) in [5.41, 5.74) is 2.36. The molecule has 1 aliphatic rings. The van der Waals surface area contributed by atoms with Crippen LogP contribution in [-0.4, -0.2) is 26.6 Å². The van der Waals surface area contributed by atoms with Crippen molar-refractivity contribution in [2.45, 2.75) is 39.0 Å². The van der Waals surface area contributed by atoms with Gasteiger partial charge in [0.2, 0.25) is 10.0 Å². The number of benzene rings is 2. The normalized spacial score (nSPS) is 16.6. The van der Waals surface area contributed by atoms with E-state index < -0.39 is 10.0 Å². The van der Waals surface area contributed by atoms with Gasteiger partial charge in [-0.05, 0) is 48.1 Å². The SMILES string of the molecule is CC(C)(C)c1ccccc1NC(=O)c1ccc(Cl)c(N2CCCCS2(=O)=O)c1. The third-order valence-electron chi connectivity index (χ3n) is 4.81. The minimum Gasteiger partial charge on any atom is -0.322 e. The smallest absolute Gasteiger partial charge is 0.255 e. The molecule has 3 rings (SSSR count). The zero-order valence-electron chi connectivity index (χ0n) is 16.3. The molecule has 1 saturated heterocycles. The molecule has 2 aromatic carbocycles. The number of hydrogen-bond donors (Lipinski definition) is 1. The minimum atomic E-state index is -3.41. The molecule has 7 heteroatoms. The number of carbonyl (C=O) groups excluding carboxylic acids is 1. The molecule has 2 aromatic rings. The predicted molar refractivity (Wildman–Crippen MR) is 115 cm³/mol. The third kappa shape index (κ3) is 4.33. The molecular weight excluding hydrogens is 396 g/mol. The molecule has 0 unspecified atom stereocenters. The van der Waals surface area contributed by atoms with Crippen LogP contribution < -0.4 is 9.62 Å². The number of nitrogens with one attached hydrogen (secondary N) is 1. The summed E-state index contributed by atoms with van der Waals surface area (Å²) < 4.78 is 26.2. The van der Waals surface area contributed by atoms with E-state index in [1.54, 1.807) is 18.2 Å². The highest BCUT2D eigenvalue weighted by Gasteiger charge is 2.28. The van der Waals surface area contributed by atoms with Crippen molar-refractivity contribution in [1.29, 1.82) is 0 Å². The third-order valence-corrected chi connectivity index (χ3v) is 6.98. The van der Waals surface area contributed by atoms with Crippen molar-refractivity contribution in [3.05, 3.63) is 58.6 Å². The Labute approximate surface area is 171 Å². The van der Waals surface area contributed by atoms with E-state index in [1.165, 1.54) is 4.31 Å². The van der Waals surface area contributed by atoms with Crippen molar-refractivity contribution in [3.8, 4) is 0 Å².